The molecular weight excluding hydrogens is 339 g/mol. The van der Waals surface area contributed by atoms with Gasteiger partial charge in [0.05, 0.1) is 0 Å². The maximum absolute atomic E-state index is 9.35. The Morgan fingerprint density at radius 3 is 2.73 bits per heavy atom. The quantitative estimate of drug-likeness (QED) is 0.773. The Bertz CT molecular complexity index is 720. The van der Waals surface area contributed by atoms with Gasteiger partial charge in [0.25, 0.3) is 0 Å². The summed E-state index contributed by atoms with van der Waals surface area (Å²) < 4.78 is 7.15. The molecule has 1 unspecified atom stereocenters. The molecule has 0 aliphatic carbocycles. The van der Waals surface area contributed by atoms with Crippen LogP contribution in [0.1, 0.15) is 19.5 Å². The monoisotopic (exact) mass is 358 g/mol. The Labute approximate surface area is 137 Å². The van der Waals surface area contributed by atoms with Crippen molar-refractivity contribution in [3.8, 4) is 6.07 Å². The number of anilines is 1. The van der Waals surface area contributed by atoms with Gasteiger partial charge in [-0.15, -0.1) is 0 Å². The number of ether oxygens (including phenoxy) is 1. The van der Waals surface area contributed by atoms with Gasteiger partial charge in [-0.25, -0.2) is 0 Å². The van der Waals surface area contributed by atoms with Crippen LogP contribution >= 0.6 is 0 Å². The Hall–Kier alpha value is -1.63. The van der Waals surface area contributed by atoms with Crippen LogP contribution in [-0.2, 0) is 4.74 Å². The van der Waals surface area contributed by atoms with Crippen LogP contribution < -0.4 is 9.25 Å². The number of hydrogen-bond acceptors (Lipinski definition) is 5. The second kappa shape index (κ2) is 6.64. The third-order valence-electron chi connectivity index (χ3n) is 3.66. The number of benzene rings is 1. The van der Waals surface area contributed by atoms with Crippen molar-refractivity contribution in [1.29, 1.82) is 5.26 Å². The summed E-state index contributed by atoms with van der Waals surface area (Å²) in [5, 5.41) is 18.8. The second-order valence-corrected chi connectivity index (χ2v) is 9.71. The summed E-state index contributed by atoms with van der Waals surface area (Å²) in [6, 6.07) is 8.50. The molecule has 5 nitrogen and oxygen atoms in total. The van der Waals surface area contributed by atoms with Crippen molar-refractivity contribution < 1.29 is 4.74 Å². The molecule has 22 heavy (non-hydrogen) atoms. The molecule has 2 aromatic rings. The SMILES string of the molecule is CC(C)[AsH]c1c(C#N)nnc2ccc(N3CCOCC3)cc12. The van der Waals surface area contributed by atoms with E-state index in [9.17, 15) is 5.26 Å². The van der Waals surface area contributed by atoms with Gasteiger partial charge in [-0.1, -0.05) is 0 Å². The molecule has 0 saturated carbocycles. The summed E-state index contributed by atoms with van der Waals surface area (Å²) in [6.45, 7) is 7.76. The Morgan fingerprint density at radius 1 is 1.27 bits per heavy atom. The Balaban J connectivity index is 2.09. The zero-order valence-corrected chi connectivity index (χ0v) is 14.9. The number of morpholine rings is 1. The van der Waals surface area contributed by atoms with Crippen LogP contribution in [0.4, 0.5) is 5.69 Å². The van der Waals surface area contributed by atoms with Gasteiger partial charge in [0.15, 0.2) is 0 Å². The number of aromatic nitrogens is 2. The van der Waals surface area contributed by atoms with E-state index in [0.717, 1.165) is 41.6 Å². The molecule has 1 fully saturated rings. The first kappa shape index (κ1) is 15.3. The average Bonchev–Trinajstić information content (AvgIpc) is 2.55. The molecular formula is C16H19AsN4O. The molecule has 0 amide bonds. The van der Waals surface area contributed by atoms with Crippen molar-refractivity contribution >= 4 is 36.7 Å². The van der Waals surface area contributed by atoms with Gasteiger partial charge in [-0.05, 0) is 0 Å². The third kappa shape index (κ3) is 3.09. The summed E-state index contributed by atoms with van der Waals surface area (Å²) in [5.74, 6) is 0. The topological polar surface area (TPSA) is 62.0 Å². The van der Waals surface area contributed by atoms with Crippen molar-refractivity contribution in [2.45, 2.75) is 18.6 Å². The summed E-state index contributed by atoms with van der Waals surface area (Å²) in [7, 11) is 0. The summed E-state index contributed by atoms with van der Waals surface area (Å²) in [6.07, 6.45) is 0. The van der Waals surface area contributed by atoms with Crippen molar-refractivity contribution in [1.82, 2.24) is 10.2 Å². The molecule has 0 radical (unpaired) electrons. The first-order valence-corrected chi connectivity index (χ1v) is 9.75. The van der Waals surface area contributed by atoms with Crippen molar-refractivity contribution in [2.24, 2.45) is 0 Å². The van der Waals surface area contributed by atoms with Crippen LogP contribution in [0.25, 0.3) is 10.9 Å². The number of hydrogen-bond donors (Lipinski definition) is 0. The number of fused-ring (bicyclic) bond motifs is 1. The molecule has 0 bridgehead atoms. The molecule has 1 aliphatic heterocycles. The zero-order valence-electron chi connectivity index (χ0n) is 12.8. The standard InChI is InChI=1S/C16H19AsN4O/c1-11(2)17-16-13-9-12(21-5-7-22-8-6-21)3-4-14(13)19-20-15(16)10-18/h3-4,9,11,17H,5-8H2,1-2H3. The van der Waals surface area contributed by atoms with Crippen molar-refractivity contribution in [3.05, 3.63) is 23.9 Å². The van der Waals surface area contributed by atoms with Gasteiger partial charge in [0.1, 0.15) is 0 Å². The fourth-order valence-electron chi connectivity index (χ4n) is 2.62. The van der Waals surface area contributed by atoms with E-state index >= 15 is 0 Å². The molecule has 114 valence electrons. The van der Waals surface area contributed by atoms with Crippen LogP contribution in [0.2, 0.25) is 4.71 Å². The van der Waals surface area contributed by atoms with E-state index in [-0.39, 0.29) is 0 Å². The Kier molecular flexibility index (Phi) is 4.61. The summed E-state index contributed by atoms with van der Waals surface area (Å²) in [5.41, 5.74) is 2.57. The summed E-state index contributed by atoms with van der Waals surface area (Å²) in [4.78, 5) is 2.33. The molecule has 6 heteroatoms. The first-order chi connectivity index (χ1) is 10.7. The van der Waals surface area contributed by atoms with E-state index in [1.54, 1.807) is 0 Å². The molecule has 2 heterocycles. The second-order valence-electron chi connectivity index (χ2n) is 5.64. The molecule has 0 spiro atoms. The predicted molar refractivity (Wildman–Crippen MR) is 89.2 cm³/mol. The number of nitriles is 1. The van der Waals surface area contributed by atoms with Crippen LogP contribution in [0, 0.1) is 11.3 Å². The van der Waals surface area contributed by atoms with E-state index in [1.807, 2.05) is 6.07 Å². The van der Waals surface area contributed by atoms with Gasteiger partial charge in [-0.3, -0.25) is 0 Å². The van der Waals surface area contributed by atoms with Crippen LogP contribution in [0.15, 0.2) is 18.2 Å². The molecule has 0 N–H and O–H groups in total. The Morgan fingerprint density at radius 2 is 2.05 bits per heavy atom. The summed E-state index contributed by atoms with van der Waals surface area (Å²) >= 11 is -0.412. The molecule has 1 aromatic carbocycles. The molecule has 1 saturated heterocycles. The normalized spacial score (nSPS) is 15.8. The minimum atomic E-state index is -0.412. The van der Waals surface area contributed by atoms with Gasteiger partial charge in [-0.2, -0.15) is 0 Å². The molecule has 1 atom stereocenters. The predicted octanol–water partition coefficient (Wildman–Crippen LogP) is 1.23. The van der Waals surface area contributed by atoms with Gasteiger partial charge in [0.2, 0.25) is 0 Å². The van der Waals surface area contributed by atoms with E-state index in [1.165, 1.54) is 5.69 Å². The fraction of sp³-hybridized carbons (Fsp3) is 0.438. The van der Waals surface area contributed by atoms with Crippen LogP contribution in [-0.4, -0.2) is 52.3 Å². The van der Waals surface area contributed by atoms with Crippen molar-refractivity contribution in [3.63, 3.8) is 0 Å². The number of nitrogens with zero attached hydrogens (tertiary/aromatic N) is 4. The molecule has 1 aromatic heterocycles. The van der Waals surface area contributed by atoms with E-state index in [0.29, 0.717) is 10.4 Å². The van der Waals surface area contributed by atoms with E-state index in [4.69, 9.17) is 4.74 Å². The fourth-order valence-corrected chi connectivity index (χ4v) is 5.09. The zero-order chi connectivity index (χ0) is 15.5. The van der Waals surface area contributed by atoms with Crippen molar-refractivity contribution in [2.75, 3.05) is 31.2 Å². The van der Waals surface area contributed by atoms with Crippen LogP contribution in [0.3, 0.4) is 0 Å². The maximum atomic E-state index is 9.35. The molecule has 3 rings (SSSR count). The van der Waals surface area contributed by atoms with E-state index < -0.39 is 15.8 Å². The van der Waals surface area contributed by atoms with Gasteiger partial charge >= 0.3 is 137 Å². The molecule has 1 aliphatic rings. The van der Waals surface area contributed by atoms with Gasteiger partial charge in [0, 0.05) is 0 Å². The van der Waals surface area contributed by atoms with E-state index in [2.05, 4.69) is 47.1 Å². The third-order valence-corrected chi connectivity index (χ3v) is 6.54. The first-order valence-electron chi connectivity index (χ1n) is 7.49. The average molecular weight is 358 g/mol. The minimum absolute atomic E-state index is 0.412. The van der Waals surface area contributed by atoms with Crippen LogP contribution in [0.5, 0.6) is 0 Å². The number of rotatable bonds is 3. The van der Waals surface area contributed by atoms with Gasteiger partial charge < -0.3 is 0 Å².